The fourth-order valence-corrected chi connectivity index (χ4v) is 2.50. The number of hydrazone groups is 1. The van der Waals surface area contributed by atoms with Gasteiger partial charge in [-0.25, -0.2) is 5.43 Å². The molecule has 7 nitrogen and oxygen atoms in total. The molecule has 0 unspecified atom stereocenters. The van der Waals surface area contributed by atoms with E-state index in [-0.39, 0.29) is 12.3 Å². The summed E-state index contributed by atoms with van der Waals surface area (Å²) in [5.41, 5.74) is 4.53. The van der Waals surface area contributed by atoms with Crippen molar-refractivity contribution in [3.8, 4) is 0 Å². The van der Waals surface area contributed by atoms with E-state index in [9.17, 15) is 14.4 Å². The van der Waals surface area contributed by atoms with Crippen molar-refractivity contribution in [2.24, 2.45) is 5.10 Å². The number of nitrogens with zero attached hydrogens (tertiary/aromatic N) is 1. The van der Waals surface area contributed by atoms with Crippen LogP contribution in [-0.4, -0.2) is 23.4 Å². The van der Waals surface area contributed by atoms with Gasteiger partial charge in [-0.05, 0) is 53.5 Å². The molecule has 140 valence electrons. The van der Waals surface area contributed by atoms with Gasteiger partial charge in [-0.1, -0.05) is 30.3 Å². The molecule has 0 atom stereocenters. The summed E-state index contributed by atoms with van der Waals surface area (Å²) in [6.07, 6.45) is -0.0268. The molecule has 2 aromatic carbocycles. The molecule has 3 amide bonds. The van der Waals surface area contributed by atoms with Gasteiger partial charge in [0.1, 0.15) is 0 Å². The first-order chi connectivity index (χ1) is 12.9. The normalized spacial score (nSPS) is 10.9. The van der Waals surface area contributed by atoms with E-state index in [0.29, 0.717) is 17.1 Å². The molecule has 0 fully saturated rings. The highest BCUT2D eigenvalue weighted by Crippen LogP contribution is 2.21. The second kappa shape index (κ2) is 9.63. The monoisotopic (exact) mass is 430 g/mol. The quantitative estimate of drug-likeness (QED) is 0.385. The zero-order valence-electron chi connectivity index (χ0n) is 14.9. The van der Waals surface area contributed by atoms with E-state index in [4.69, 9.17) is 0 Å². The molecule has 0 saturated carbocycles. The number of amides is 3. The van der Waals surface area contributed by atoms with Gasteiger partial charge in [0.05, 0.1) is 12.1 Å². The van der Waals surface area contributed by atoms with Crippen molar-refractivity contribution in [1.82, 2.24) is 5.43 Å². The minimum atomic E-state index is -0.913. The summed E-state index contributed by atoms with van der Waals surface area (Å²) in [5.74, 6) is -2.04. The van der Waals surface area contributed by atoms with Crippen LogP contribution in [0.5, 0.6) is 0 Å². The number of aryl methyl sites for hydroxylation is 1. The molecule has 0 radical (unpaired) electrons. The summed E-state index contributed by atoms with van der Waals surface area (Å²) in [6, 6.07) is 14.3. The maximum atomic E-state index is 12.0. The molecular weight excluding hydrogens is 412 g/mol. The van der Waals surface area contributed by atoms with Crippen LogP contribution in [0.15, 0.2) is 58.1 Å². The fraction of sp³-hybridized carbons (Fsp3) is 0.158. The molecule has 0 spiro atoms. The van der Waals surface area contributed by atoms with E-state index in [2.05, 4.69) is 37.1 Å². The van der Waals surface area contributed by atoms with Gasteiger partial charge in [0.15, 0.2) is 0 Å². The standard InChI is InChI=1S/C19H19BrN4O3/c1-12-7-3-5-9-15(12)22-18(26)19(27)24-23-13(2)11-17(25)21-16-10-6-4-8-14(16)20/h3-10H,11H2,1-2H3,(H,21,25)(H,22,26)(H,24,27)/b23-13+. The molecule has 27 heavy (non-hydrogen) atoms. The van der Waals surface area contributed by atoms with Crippen molar-refractivity contribution in [2.45, 2.75) is 20.3 Å². The second-order valence-corrected chi connectivity index (χ2v) is 6.62. The zero-order chi connectivity index (χ0) is 19.8. The Bertz CT molecular complexity index is 896. The first kappa shape index (κ1) is 20.3. The molecule has 0 heterocycles. The van der Waals surface area contributed by atoms with Crippen molar-refractivity contribution in [1.29, 1.82) is 0 Å². The number of hydrogen-bond donors (Lipinski definition) is 3. The number of anilines is 2. The minimum absolute atomic E-state index is 0.0268. The summed E-state index contributed by atoms with van der Waals surface area (Å²) < 4.78 is 0.758. The third-order valence-electron chi connectivity index (χ3n) is 3.51. The van der Waals surface area contributed by atoms with Crippen LogP contribution in [0.4, 0.5) is 11.4 Å². The smallest absolute Gasteiger partial charge is 0.325 e. The summed E-state index contributed by atoms with van der Waals surface area (Å²) in [5, 5.41) is 9.04. The van der Waals surface area contributed by atoms with Crippen molar-refractivity contribution < 1.29 is 14.4 Å². The fourth-order valence-electron chi connectivity index (χ4n) is 2.12. The van der Waals surface area contributed by atoms with E-state index >= 15 is 0 Å². The summed E-state index contributed by atoms with van der Waals surface area (Å²) in [6.45, 7) is 3.40. The van der Waals surface area contributed by atoms with Gasteiger partial charge in [0.2, 0.25) is 5.91 Å². The number of rotatable bonds is 5. The topological polar surface area (TPSA) is 99.7 Å². The molecular formula is C19H19BrN4O3. The van der Waals surface area contributed by atoms with Gasteiger partial charge in [0.25, 0.3) is 0 Å². The Morgan fingerprint density at radius 3 is 2.22 bits per heavy atom. The van der Waals surface area contributed by atoms with Gasteiger partial charge < -0.3 is 10.6 Å². The average Bonchev–Trinajstić information content (AvgIpc) is 2.63. The average molecular weight is 431 g/mol. The van der Waals surface area contributed by atoms with E-state index < -0.39 is 11.8 Å². The Balaban J connectivity index is 1.86. The molecule has 0 bridgehead atoms. The zero-order valence-corrected chi connectivity index (χ0v) is 16.5. The van der Waals surface area contributed by atoms with Crippen LogP contribution in [0.25, 0.3) is 0 Å². The number of carbonyl (C=O) groups is 3. The Kier molecular flexibility index (Phi) is 7.25. The third kappa shape index (κ3) is 6.34. The van der Waals surface area contributed by atoms with Crippen LogP contribution < -0.4 is 16.1 Å². The molecule has 2 aromatic rings. The molecule has 0 aromatic heterocycles. The lowest BCUT2D eigenvalue weighted by atomic mass is 10.2. The number of nitrogens with one attached hydrogen (secondary N) is 3. The SMILES string of the molecule is C/C(CC(=O)Nc1ccccc1Br)=N\NC(=O)C(=O)Nc1ccccc1C. The number of halogens is 1. The van der Waals surface area contributed by atoms with Gasteiger partial charge >= 0.3 is 11.8 Å². The van der Waals surface area contributed by atoms with E-state index in [1.165, 1.54) is 0 Å². The van der Waals surface area contributed by atoms with Crippen molar-refractivity contribution in [2.75, 3.05) is 10.6 Å². The van der Waals surface area contributed by atoms with Crippen LogP contribution in [0.1, 0.15) is 18.9 Å². The van der Waals surface area contributed by atoms with Crippen molar-refractivity contribution in [3.05, 3.63) is 58.6 Å². The predicted octanol–water partition coefficient (Wildman–Crippen LogP) is 3.22. The van der Waals surface area contributed by atoms with E-state index in [1.54, 1.807) is 31.2 Å². The third-order valence-corrected chi connectivity index (χ3v) is 4.20. The maximum Gasteiger partial charge on any atom is 0.329 e. The Labute approximate surface area is 165 Å². The molecule has 3 N–H and O–H groups in total. The highest BCUT2D eigenvalue weighted by molar-refractivity contribution is 9.10. The molecule has 0 aliphatic carbocycles. The molecule has 0 aliphatic rings. The summed E-state index contributed by atoms with van der Waals surface area (Å²) >= 11 is 3.34. The Morgan fingerprint density at radius 2 is 1.56 bits per heavy atom. The highest BCUT2D eigenvalue weighted by Gasteiger charge is 2.14. The predicted molar refractivity (Wildman–Crippen MR) is 108 cm³/mol. The summed E-state index contributed by atoms with van der Waals surface area (Å²) in [7, 11) is 0. The maximum absolute atomic E-state index is 12.0. The lowest BCUT2D eigenvalue weighted by Crippen LogP contribution is -2.33. The molecule has 2 rings (SSSR count). The number of carbonyl (C=O) groups excluding carboxylic acids is 3. The largest absolute Gasteiger partial charge is 0.329 e. The number of benzene rings is 2. The lowest BCUT2D eigenvalue weighted by molar-refractivity contribution is -0.136. The van der Waals surface area contributed by atoms with E-state index in [0.717, 1.165) is 10.0 Å². The van der Waals surface area contributed by atoms with Gasteiger partial charge in [0, 0.05) is 15.9 Å². The second-order valence-electron chi connectivity index (χ2n) is 5.76. The lowest BCUT2D eigenvalue weighted by Gasteiger charge is -2.08. The van der Waals surface area contributed by atoms with Crippen molar-refractivity contribution >= 4 is 50.7 Å². The Morgan fingerprint density at radius 1 is 0.926 bits per heavy atom. The van der Waals surface area contributed by atoms with Crippen molar-refractivity contribution in [3.63, 3.8) is 0 Å². The first-order valence-electron chi connectivity index (χ1n) is 8.11. The minimum Gasteiger partial charge on any atom is -0.325 e. The molecule has 0 aliphatic heterocycles. The first-order valence-corrected chi connectivity index (χ1v) is 8.90. The number of hydrogen-bond acceptors (Lipinski definition) is 4. The molecule has 0 saturated heterocycles. The van der Waals surface area contributed by atoms with Crippen LogP contribution >= 0.6 is 15.9 Å². The van der Waals surface area contributed by atoms with Crippen LogP contribution in [0, 0.1) is 6.92 Å². The van der Waals surface area contributed by atoms with Gasteiger partial charge in [-0.3, -0.25) is 14.4 Å². The van der Waals surface area contributed by atoms with Crippen LogP contribution in [-0.2, 0) is 14.4 Å². The van der Waals surface area contributed by atoms with Gasteiger partial charge in [-0.15, -0.1) is 0 Å². The van der Waals surface area contributed by atoms with E-state index in [1.807, 2.05) is 31.2 Å². The highest BCUT2D eigenvalue weighted by atomic mass is 79.9. The van der Waals surface area contributed by atoms with Crippen LogP contribution in [0.3, 0.4) is 0 Å². The molecule has 8 heteroatoms. The summed E-state index contributed by atoms with van der Waals surface area (Å²) in [4.78, 5) is 35.8. The number of para-hydroxylation sites is 2. The Hall–Kier alpha value is -3.00. The van der Waals surface area contributed by atoms with Gasteiger partial charge in [-0.2, -0.15) is 5.10 Å². The van der Waals surface area contributed by atoms with Crippen LogP contribution in [0.2, 0.25) is 0 Å².